The number of quaternary nitrogens is 1. The van der Waals surface area contributed by atoms with E-state index in [2.05, 4.69) is 10.6 Å². The van der Waals surface area contributed by atoms with E-state index in [0.717, 1.165) is 25.7 Å². The summed E-state index contributed by atoms with van der Waals surface area (Å²) in [6, 6.07) is -1.33. The van der Waals surface area contributed by atoms with Crippen LogP contribution in [0.4, 0.5) is 4.79 Å². The van der Waals surface area contributed by atoms with Crippen molar-refractivity contribution < 1.29 is 42.7 Å². The number of nitrogens with one attached hydrogen (secondary N) is 2. The average Bonchev–Trinajstić information content (AvgIpc) is 3.19. The van der Waals surface area contributed by atoms with Crippen LogP contribution in [0.3, 0.4) is 0 Å². The third kappa shape index (κ3) is 7.62. The Balaban J connectivity index is 2.17. The zero-order valence-corrected chi connectivity index (χ0v) is 23.5. The van der Waals surface area contributed by atoms with Gasteiger partial charge >= 0.3 is 19.6 Å². The van der Waals surface area contributed by atoms with E-state index in [1.54, 1.807) is 6.92 Å². The Labute approximate surface area is 219 Å². The van der Waals surface area contributed by atoms with Crippen molar-refractivity contribution in [1.29, 1.82) is 0 Å². The molecule has 2 rings (SSSR count). The van der Waals surface area contributed by atoms with Gasteiger partial charge in [0.1, 0.15) is 17.9 Å². The van der Waals surface area contributed by atoms with Crippen LogP contribution in [0.5, 0.6) is 0 Å². The van der Waals surface area contributed by atoms with Crippen LogP contribution in [0, 0.1) is 5.92 Å². The normalized spacial score (nSPS) is 25.8. The Morgan fingerprint density at radius 3 is 2.14 bits per heavy atom. The molecule has 2 aliphatic rings. The molecule has 4 N–H and O–H groups in total. The average molecular weight is 547 g/mol. The van der Waals surface area contributed by atoms with Crippen LogP contribution in [0.1, 0.15) is 98.3 Å². The van der Waals surface area contributed by atoms with Crippen LogP contribution >= 0.6 is 7.60 Å². The van der Waals surface area contributed by atoms with E-state index in [-0.39, 0.29) is 24.8 Å². The van der Waals surface area contributed by atoms with E-state index < -0.39 is 54.0 Å². The molecule has 1 saturated carbocycles. The van der Waals surface area contributed by atoms with Gasteiger partial charge in [-0.05, 0) is 39.5 Å². The highest BCUT2D eigenvalue weighted by Gasteiger charge is 2.55. The van der Waals surface area contributed by atoms with Gasteiger partial charge in [0.25, 0.3) is 0 Å². The van der Waals surface area contributed by atoms with Crippen molar-refractivity contribution in [2.24, 2.45) is 5.92 Å². The van der Waals surface area contributed by atoms with Gasteiger partial charge < -0.3 is 20.6 Å². The summed E-state index contributed by atoms with van der Waals surface area (Å²) in [5, 5.41) is 15.2. The topological polar surface area (TPSA) is 159 Å². The predicted molar refractivity (Wildman–Crippen MR) is 137 cm³/mol. The molecular formula is C25H45N3O8P+. The van der Waals surface area contributed by atoms with Gasteiger partial charge in [0.05, 0.1) is 6.54 Å². The number of carbonyl (C=O) groups excluding carboxylic acids is 3. The molecule has 1 saturated heterocycles. The third-order valence-corrected chi connectivity index (χ3v) is 9.56. The molecule has 1 aliphatic carbocycles. The highest BCUT2D eigenvalue weighted by molar-refractivity contribution is 7.53. The quantitative estimate of drug-likeness (QED) is 0.189. The second-order valence-corrected chi connectivity index (χ2v) is 12.5. The lowest BCUT2D eigenvalue weighted by molar-refractivity contribution is -0.793. The number of nitrogens with zero attached hydrogens (tertiary/aromatic N) is 1. The van der Waals surface area contributed by atoms with Crippen LogP contribution in [0.15, 0.2) is 0 Å². The molecule has 6 atom stereocenters. The number of imide groups is 1. The summed E-state index contributed by atoms with van der Waals surface area (Å²) < 4.78 is 17.9. The number of amides is 4. The van der Waals surface area contributed by atoms with Gasteiger partial charge in [0.2, 0.25) is 11.8 Å². The van der Waals surface area contributed by atoms with Crippen molar-refractivity contribution in [2.45, 2.75) is 122 Å². The fourth-order valence-electron chi connectivity index (χ4n) is 5.07. The lowest BCUT2D eigenvalue weighted by atomic mass is 9.84. The van der Waals surface area contributed by atoms with Gasteiger partial charge in [0, 0.05) is 18.8 Å². The summed E-state index contributed by atoms with van der Waals surface area (Å²) in [6.07, 6.45) is 4.08. The molecule has 1 aliphatic heterocycles. The molecule has 212 valence electrons. The van der Waals surface area contributed by atoms with E-state index in [1.165, 1.54) is 6.92 Å². The molecule has 11 nitrogen and oxygen atoms in total. The molecule has 0 aromatic carbocycles. The molecule has 0 aromatic rings. The Morgan fingerprint density at radius 1 is 1.03 bits per heavy atom. The van der Waals surface area contributed by atoms with E-state index in [1.807, 2.05) is 13.8 Å². The van der Waals surface area contributed by atoms with Crippen LogP contribution in [0.25, 0.3) is 0 Å². The van der Waals surface area contributed by atoms with Crippen molar-refractivity contribution in [3.8, 4) is 0 Å². The second kappa shape index (κ2) is 13.8. The van der Waals surface area contributed by atoms with Crippen molar-refractivity contribution in [1.82, 2.24) is 10.6 Å². The number of unbranched alkanes of at least 4 members (excludes halogenated alkanes) is 2. The monoisotopic (exact) mass is 546 g/mol. The van der Waals surface area contributed by atoms with Crippen LogP contribution < -0.4 is 10.6 Å². The molecule has 1 heterocycles. The molecular weight excluding hydrogens is 501 g/mol. The lowest BCUT2D eigenvalue weighted by Crippen LogP contribution is -2.61. The first-order valence-corrected chi connectivity index (χ1v) is 15.3. The molecule has 4 amide bonds. The smallest absolute Gasteiger partial charge is 0.435 e. The maximum atomic E-state index is 13.4. The van der Waals surface area contributed by atoms with E-state index in [4.69, 9.17) is 4.52 Å². The van der Waals surface area contributed by atoms with Crippen LogP contribution in [-0.4, -0.2) is 68.8 Å². The van der Waals surface area contributed by atoms with Gasteiger partial charge in [-0.2, -0.15) is 9.28 Å². The first-order chi connectivity index (χ1) is 17.4. The maximum Gasteiger partial charge on any atom is 0.521 e. The molecule has 0 spiro atoms. The summed E-state index contributed by atoms with van der Waals surface area (Å²) in [4.78, 5) is 61.9. The zero-order valence-electron chi connectivity index (χ0n) is 22.6. The molecule has 12 heteroatoms. The van der Waals surface area contributed by atoms with Crippen molar-refractivity contribution in [2.75, 3.05) is 6.54 Å². The van der Waals surface area contributed by atoms with Gasteiger partial charge in [-0.25, -0.2) is 4.79 Å². The summed E-state index contributed by atoms with van der Waals surface area (Å²) in [6.45, 7) is 6.90. The number of carboxylic acid groups (broad SMARTS) is 1. The zero-order chi connectivity index (χ0) is 27.8. The fourth-order valence-corrected chi connectivity index (χ4v) is 6.56. The minimum absolute atomic E-state index is 0.0918. The van der Waals surface area contributed by atoms with Gasteiger partial charge in [-0.3, -0.25) is 18.7 Å². The Morgan fingerprint density at radius 2 is 1.65 bits per heavy atom. The first kappa shape index (κ1) is 31.4. The molecule has 3 unspecified atom stereocenters. The molecule has 2 fully saturated rings. The molecule has 37 heavy (non-hydrogen) atoms. The second-order valence-electron chi connectivity index (χ2n) is 10.5. The highest BCUT2D eigenvalue weighted by Crippen LogP contribution is 2.50. The van der Waals surface area contributed by atoms with Gasteiger partial charge in [-0.1, -0.05) is 46.0 Å². The molecule has 0 aromatic heterocycles. The molecule has 0 bridgehead atoms. The summed E-state index contributed by atoms with van der Waals surface area (Å²) in [5.41, 5.74) is 0. The predicted octanol–water partition coefficient (Wildman–Crippen LogP) is 3.89. The van der Waals surface area contributed by atoms with E-state index in [9.17, 15) is 33.7 Å². The molecule has 0 radical (unpaired) electrons. The van der Waals surface area contributed by atoms with Gasteiger partial charge in [0.15, 0.2) is 6.10 Å². The summed E-state index contributed by atoms with van der Waals surface area (Å²) in [5.74, 6) is -2.95. The Kier molecular flexibility index (Phi) is 11.7. The summed E-state index contributed by atoms with van der Waals surface area (Å²) >= 11 is 0. The number of carbonyl (C=O) groups is 4. The summed E-state index contributed by atoms with van der Waals surface area (Å²) in [7, 11) is -4.60. The number of hydrogen-bond donors (Lipinski definition) is 4. The SMILES string of the molecule is CCCC[C@H](NC(=O)C1CCC1)C(=O)N[C@H](CCCC)P(=O)(O)OC(C)C(=O)[N+]1(C(=O)O)CCC[C@H]1C. The standard InChI is InChI=1S/C25H44N3O8P/c1-5-7-14-20(26-22(29)19-12-9-13-19)23(30)27-21(15-8-6-2)37(34,35)36-18(4)24(31)28(25(32)33)16-10-11-17(28)3/h17-21H,5-16H2,1-4H3,(H3-,26,27,29,30,32,33,34,35)/p+1/t17-,18?,20+,21+,28?/m1/s1. The minimum atomic E-state index is -4.60. The minimum Gasteiger partial charge on any atom is -0.435 e. The Bertz CT molecular complexity index is 880. The van der Waals surface area contributed by atoms with E-state index >= 15 is 0 Å². The third-order valence-electron chi connectivity index (χ3n) is 7.77. The first-order valence-electron chi connectivity index (χ1n) is 13.7. The lowest BCUT2D eigenvalue weighted by Gasteiger charge is -2.33. The van der Waals surface area contributed by atoms with Crippen molar-refractivity contribution >= 4 is 31.4 Å². The fraction of sp³-hybridized carbons (Fsp3) is 0.840. The maximum absolute atomic E-state index is 13.4. The van der Waals surface area contributed by atoms with Crippen LogP contribution in [-0.2, 0) is 23.5 Å². The largest absolute Gasteiger partial charge is 0.521 e. The highest BCUT2D eigenvalue weighted by atomic mass is 31.2. The van der Waals surface area contributed by atoms with E-state index in [0.29, 0.717) is 38.5 Å². The number of likely N-dealkylation sites (tertiary alicyclic amines) is 1. The Hall–Kier alpha value is -1.81. The number of rotatable bonds is 14. The van der Waals surface area contributed by atoms with Gasteiger partial charge in [-0.15, -0.1) is 0 Å². The van der Waals surface area contributed by atoms with Crippen molar-refractivity contribution in [3.63, 3.8) is 0 Å². The van der Waals surface area contributed by atoms with Crippen LogP contribution in [0.2, 0.25) is 0 Å². The number of hydrogen-bond acceptors (Lipinski definition) is 6. The van der Waals surface area contributed by atoms with Crippen molar-refractivity contribution in [3.05, 3.63) is 0 Å².